The molecule has 0 aromatic heterocycles. The fourth-order valence-corrected chi connectivity index (χ4v) is 2.71. The number of carbonyl (C=O) groups is 2. The third-order valence-electron chi connectivity index (χ3n) is 3.26. The van der Waals surface area contributed by atoms with Crippen LogP contribution in [-0.4, -0.2) is 31.8 Å². The van der Waals surface area contributed by atoms with Gasteiger partial charge in [-0.15, -0.1) is 0 Å². The van der Waals surface area contributed by atoms with Gasteiger partial charge in [0, 0.05) is 21.8 Å². The van der Waals surface area contributed by atoms with Crippen LogP contribution in [0.4, 0.5) is 10.5 Å². The van der Waals surface area contributed by atoms with Gasteiger partial charge in [0.2, 0.25) is 0 Å². The van der Waals surface area contributed by atoms with Gasteiger partial charge in [-0.2, -0.15) is 0 Å². The third kappa shape index (κ3) is 4.93. The molecule has 0 unspecified atom stereocenters. The minimum Gasteiger partial charge on any atom is -0.486 e. The summed E-state index contributed by atoms with van der Waals surface area (Å²) in [5, 5.41) is 5.45. The molecule has 0 fully saturated rings. The Morgan fingerprint density at radius 3 is 2.42 bits per heavy atom. The highest BCUT2D eigenvalue weighted by Crippen LogP contribution is 2.32. The van der Waals surface area contributed by atoms with Crippen LogP contribution >= 0.6 is 23.2 Å². The van der Waals surface area contributed by atoms with Gasteiger partial charge in [0.25, 0.3) is 5.91 Å². The average molecular weight is 397 g/mol. The van der Waals surface area contributed by atoms with Gasteiger partial charge in [0.1, 0.15) is 19.0 Å². The molecule has 9 heteroatoms. The summed E-state index contributed by atoms with van der Waals surface area (Å²) >= 11 is 11.7. The first-order valence-electron chi connectivity index (χ1n) is 7.59. The molecule has 3 amide bonds. The van der Waals surface area contributed by atoms with Crippen molar-refractivity contribution in [2.45, 2.75) is 0 Å². The fourth-order valence-electron chi connectivity index (χ4n) is 2.21. The van der Waals surface area contributed by atoms with Crippen LogP contribution in [0.25, 0.3) is 0 Å². The van der Waals surface area contributed by atoms with Crippen molar-refractivity contribution < 1.29 is 23.8 Å². The zero-order valence-electron chi connectivity index (χ0n) is 13.4. The molecule has 1 aliphatic heterocycles. The molecule has 1 heterocycles. The first-order chi connectivity index (χ1) is 12.5. The van der Waals surface area contributed by atoms with Crippen LogP contribution in [0.5, 0.6) is 17.2 Å². The Kier molecular flexibility index (Phi) is 5.70. The molecule has 2 N–H and O–H groups in total. The number of imide groups is 1. The second kappa shape index (κ2) is 8.16. The zero-order valence-corrected chi connectivity index (χ0v) is 14.9. The molecule has 136 valence electrons. The lowest BCUT2D eigenvalue weighted by atomic mass is 10.2. The number of amides is 3. The van der Waals surface area contributed by atoms with Crippen molar-refractivity contribution in [3.8, 4) is 17.2 Å². The Morgan fingerprint density at radius 1 is 1.00 bits per heavy atom. The Labute approximate surface area is 159 Å². The standard InChI is InChI=1S/C17H14Cl2N2O5/c18-10-5-11(19)7-13(6-10)26-9-16(22)21-17(23)20-12-1-2-14-15(8-12)25-4-3-24-14/h1-2,5-8H,3-4,9H2,(H2,20,21,22,23). The normalized spacial score (nSPS) is 12.2. The highest BCUT2D eigenvalue weighted by atomic mass is 35.5. The van der Waals surface area contributed by atoms with E-state index in [1.807, 2.05) is 0 Å². The molecule has 7 nitrogen and oxygen atoms in total. The van der Waals surface area contributed by atoms with Crippen molar-refractivity contribution >= 4 is 40.8 Å². The number of nitrogens with one attached hydrogen (secondary N) is 2. The summed E-state index contributed by atoms with van der Waals surface area (Å²) in [4.78, 5) is 23.7. The Balaban J connectivity index is 1.50. The smallest absolute Gasteiger partial charge is 0.325 e. The number of rotatable bonds is 4. The molecule has 26 heavy (non-hydrogen) atoms. The molecule has 0 radical (unpaired) electrons. The average Bonchev–Trinajstić information content (AvgIpc) is 2.59. The molecule has 0 saturated carbocycles. The maximum atomic E-state index is 11.9. The Morgan fingerprint density at radius 2 is 1.69 bits per heavy atom. The first-order valence-corrected chi connectivity index (χ1v) is 8.34. The van der Waals surface area contributed by atoms with Gasteiger partial charge < -0.3 is 19.5 Å². The fraction of sp³-hybridized carbons (Fsp3) is 0.176. The highest BCUT2D eigenvalue weighted by Gasteiger charge is 2.14. The Bertz CT molecular complexity index is 824. The van der Waals surface area contributed by atoms with Crippen molar-refractivity contribution in [1.29, 1.82) is 0 Å². The van der Waals surface area contributed by atoms with E-state index < -0.39 is 11.9 Å². The molecular weight excluding hydrogens is 383 g/mol. The molecule has 3 rings (SSSR count). The minimum absolute atomic E-state index is 0.324. The molecule has 0 aliphatic carbocycles. The van der Waals surface area contributed by atoms with Crippen molar-refractivity contribution in [2.75, 3.05) is 25.1 Å². The summed E-state index contributed by atoms with van der Waals surface area (Å²) in [6, 6.07) is 8.80. The highest BCUT2D eigenvalue weighted by molar-refractivity contribution is 6.34. The lowest BCUT2D eigenvalue weighted by Crippen LogP contribution is -2.37. The lowest BCUT2D eigenvalue weighted by molar-refractivity contribution is -0.121. The van der Waals surface area contributed by atoms with Crippen molar-refractivity contribution in [3.63, 3.8) is 0 Å². The second-order valence-corrected chi connectivity index (χ2v) is 6.13. The van der Waals surface area contributed by atoms with Crippen LogP contribution in [0.3, 0.4) is 0 Å². The number of carbonyl (C=O) groups excluding carboxylic acids is 2. The van der Waals surface area contributed by atoms with E-state index in [0.29, 0.717) is 46.2 Å². The number of urea groups is 1. The van der Waals surface area contributed by atoms with Crippen molar-refractivity contribution in [1.82, 2.24) is 5.32 Å². The molecule has 0 bridgehead atoms. The number of fused-ring (bicyclic) bond motifs is 1. The summed E-state index contributed by atoms with van der Waals surface area (Å²) < 4.78 is 16.1. The molecule has 2 aromatic carbocycles. The van der Waals surface area contributed by atoms with E-state index in [4.69, 9.17) is 37.4 Å². The largest absolute Gasteiger partial charge is 0.486 e. The van der Waals surface area contributed by atoms with E-state index in [9.17, 15) is 9.59 Å². The number of anilines is 1. The number of benzene rings is 2. The zero-order chi connectivity index (χ0) is 18.5. The van der Waals surface area contributed by atoms with Gasteiger partial charge in [-0.1, -0.05) is 23.2 Å². The van der Waals surface area contributed by atoms with Gasteiger partial charge in [-0.3, -0.25) is 10.1 Å². The summed E-state index contributed by atoms with van der Waals surface area (Å²) in [6.45, 7) is 0.545. The lowest BCUT2D eigenvalue weighted by Gasteiger charge is -2.19. The van der Waals surface area contributed by atoms with Gasteiger partial charge in [0.15, 0.2) is 18.1 Å². The number of hydrogen-bond acceptors (Lipinski definition) is 5. The number of hydrogen-bond donors (Lipinski definition) is 2. The maximum absolute atomic E-state index is 11.9. The molecule has 0 atom stereocenters. The van der Waals surface area contributed by atoms with E-state index >= 15 is 0 Å². The van der Waals surface area contributed by atoms with E-state index in [-0.39, 0.29) is 6.61 Å². The van der Waals surface area contributed by atoms with Crippen LogP contribution in [-0.2, 0) is 4.79 Å². The van der Waals surface area contributed by atoms with Crippen LogP contribution in [0, 0.1) is 0 Å². The molecule has 2 aromatic rings. The Hall–Kier alpha value is -2.64. The molecular formula is C17H14Cl2N2O5. The van der Waals surface area contributed by atoms with Crippen LogP contribution in [0.1, 0.15) is 0 Å². The van der Waals surface area contributed by atoms with Crippen molar-refractivity contribution in [3.05, 3.63) is 46.4 Å². The van der Waals surface area contributed by atoms with E-state index in [1.54, 1.807) is 18.2 Å². The SMILES string of the molecule is O=C(COc1cc(Cl)cc(Cl)c1)NC(=O)Nc1ccc2c(c1)OCCO2. The van der Waals surface area contributed by atoms with Gasteiger partial charge in [0.05, 0.1) is 0 Å². The quantitative estimate of drug-likeness (QED) is 0.825. The van der Waals surface area contributed by atoms with E-state index in [2.05, 4.69) is 10.6 Å². The van der Waals surface area contributed by atoms with Crippen LogP contribution in [0.2, 0.25) is 10.0 Å². The van der Waals surface area contributed by atoms with Gasteiger partial charge in [-0.05, 0) is 30.3 Å². The monoisotopic (exact) mass is 396 g/mol. The summed E-state index contributed by atoms with van der Waals surface area (Å²) in [5.41, 5.74) is 0.460. The topological polar surface area (TPSA) is 85.9 Å². The predicted molar refractivity (Wildman–Crippen MR) is 96.6 cm³/mol. The minimum atomic E-state index is -0.695. The van der Waals surface area contributed by atoms with Gasteiger partial charge in [-0.25, -0.2) is 4.79 Å². The predicted octanol–water partition coefficient (Wildman–Crippen LogP) is 3.49. The molecule has 0 saturated heterocycles. The van der Waals surface area contributed by atoms with Crippen molar-refractivity contribution in [2.24, 2.45) is 0 Å². The summed E-state index contributed by atoms with van der Waals surface area (Å²) in [5.74, 6) is 0.828. The van der Waals surface area contributed by atoms with E-state index in [0.717, 1.165) is 0 Å². The van der Waals surface area contributed by atoms with Crippen LogP contribution in [0.15, 0.2) is 36.4 Å². The van der Waals surface area contributed by atoms with Gasteiger partial charge >= 0.3 is 6.03 Å². The second-order valence-electron chi connectivity index (χ2n) is 5.25. The first kappa shape index (κ1) is 18.2. The van der Waals surface area contributed by atoms with E-state index in [1.165, 1.54) is 18.2 Å². The summed E-state index contributed by atoms with van der Waals surface area (Å²) in [7, 11) is 0. The maximum Gasteiger partial charge on any atom is 0.325 e. The van der Waals surface area contributed by atoms with Crippen LogP contribution < -0.4 is 24.8 Å². The number of ether oxygens (including phenoxy) is 3. The molecule has 1 aliphatic rings. The molecule has 0 spiro atoms. The third-order valence-corrected chi connectivity index (χ3v) is 3.70. The number of halogens is 2. The summed E-state index contributed by atoms with van der Waals surface area (Å²) in [6.07, 6.45) is 0.